The number of carbonyl (C=O) groups excluding carboxylic acids is 2. The molecule has 1 aromatic rings. The Morgan fingerprint density at radius 3 is 2.76 bits per heavy atom. The van der Waals surface area contributed by atoms with Crippen molar-refractivity contribution in [3.63, 3.8) is 0 Å². The molecule has 2 atom stereocenters. The molecule has 4 N–H and O–H groups in total. The van der Waals surface area contributed by atoms with Gasteiger partial charge in [0.1, 0.15) is 0 Å². The second-order valence-corrected chi connectivity index (χ2v) is 5.30. The Bertz CT molecular complexity index is 492. The fourth-order valence-corrected chi connectivity index (χ4v) is 2.53. The molecule has 2 rings (SSSR count). The molecule has 0 aromatic heterocycles. The number of nitrogens with one attached hydrogen (secondary N) is 1. The third kappa shape index (κ3) is 4.19. The second kappa shape index (κ2) is 7.08. The van der Waals surface area contributed by atoms with Crippen LogP contribution in [0.3, 0.4) is 0 Å². The number of aliphatic hydroxyl groups excluding tert-OH is 1. The summed E-state index contributed by atoms with van der Waals surface area (Å²) in [5.74, 6) is -0.398. The van der Waals surface area contributed by atoms with Crippen LogP contribution in [0.4, 0.5) is 4.79 Å². The maximum atomic E-state index is 12.1. The maximum absolute atomic E-state index is 12.1. The van der Waals surface area contributed by atoms with Gasteiger partial charge in [-0.2, -0.15) is 0 Å². The lowest BCUT2D eigenvalue weighted by atomic mass is 9.97. The van der Waals surface area contributed by atoms with Crippen LogP contribution in [0.5, 0.6) is 0 Å². The van der Waals surface area contributed by atoms with Crippen LogP contribution in [0, 0.1) is 5.92 Å². The van der Waals surface area contributed by atoms with E-state index in [0.717, 1.165) is 18.4 Å². The van der Waals surface area contributed by atoms with E-state index in [-0.39, 0.29) is 18.4 Å². The third-order valence-corrected chi connectivity index (χ3v) is 3.76. The molecule has 0 saturated carbocycles. The van der Waals surface area contributed by atoms with Crippen molar-refractivity contribution in [3.8, 4) is 0 Å². The minimum Gasteiger partial charge on any atom is -0.387 e. The Morgan fingerprint density at radius 2 is 2.10 bits per heavy atom. The third-order valence-electron chi connectivity index (χ3n) is 3.76. The predicted molar refractivity (Wildman–Crippen MR) is 78.3 cm³/mol. The van der Waals surface area contributed by atoms with Crippen LogP contribution in [-0.2, 0) is 4.79 Å². The van der Waals surface area contributed by atoms with Crippen LogP contribution in [-0.4, -0.2) is 41.6 Å². The number of piperidine rings is 1. The van der Waals surface area contributed by atoms with E-state index in [2.05, 4.69) is 5.32 Å². The summed E-state index contributed by atoms with van der Waals surface area (Å²) in [6.45, 7) is 1.12. The molecular weight excluding hydrogens is 270 g/mol. The fourth-order valence-electron chi connectivity index (χ4n) is 2.53. The number of hydrogen-bond donors (Lipinski definition) is 3. The van der Waals surface area contributed by atoms with E-state index < -0.39 is 12.1 Å². The Labute approximate surface area is 123 Å². The normalized spacial score (nSPS) is 19.9. The molecule has 1 fully saturated rings. The van der Waals surface area contributed by atoms with Crippen molar-refractivity contribution in [3.05, 3.63) is 35.9 Å². The van der Waals surface area contributed by atoms with Gasteiger partial charge in [-0.3, -0.25) is 4.79 Å². The van der Waals surface area contributed by atoms with Gasteiger partial charge in [0, 0.05) is 19.6 Å². The standard InChI is InChI=1S/C15H21N3O3/c16-15(21)18-8-4-7-12(10-18)14(20)17-9-13(19)11-5-2-1-3-6-11/h1-3,5-6,12-13,19H,4,7-10H2,(H2,16,21)(H,17,20). The number of nitrogens with two attached hydrogens (primary N) is 1. The zero-order chi connectivity index (χ0) is 15.2. The van der Waals surface area contributed by atoms with Crippen molar-refractivity contribution in [2.75, 3.05) is 19.6 Å². The number of primary amides is 1. The van der Waals surface area contributed by atoms with Crippen LogP contribution < -0.4 is 11.1 Å². The van der Waals surface area contributed by atoms with Crippen LogP contribution in [0.1, 0.15) is 24.5 Å². The molecule has 1 aliphatic rings. The zero-order valence-electron chi connectivity index (χ0n) is 11.9. The number of rotatable bonds is 4. The summed E-state index contributed by atoms with van der Waals surface area (Å²) in [6.07, 6.45) is 0.769. The summed E-state index contributed by atoms with van der Waals surface area (Å²) in [4.78, 5) is 24.7. The number of amides is 3. The van der Waals surface area contributed by atoms with Crippen molar-refractivity contribution in [1.82, 2.24) is 10.2 Å². The van der Waals surface area contributed by atoms with Gasteiger partial charge in [-0.05, 0) is 18.4 Å². The lowest BCUT2D eigenvalue weighted by Gasteiger charge is -2.30. The molecule has 0 spiro atoms. The molecule has 2 unspecified atom stereocenters. The molecule has 3 amide bonds. The number of benzene rings is 1. The van der Waals surface area contributed by atoms with Gasteiger partial charge in [0.15, 0.2) is 0 Å². The lowest BCUT2D eigenvalue weighted by Crippen LogP contribution is -2.47. The monoisotopic (exact) mass is 291 g/mol. The highest BCUT2D eigenvalue weighted by Gasteiger charge is 2.27. The first-order valence-corrected chi connectivity index (χ1v) is 7.13. The lowest BCUT2D eigenvalue weighted by molar-refractivity contribution is -0.126. The molecule has 6 nitrogen and oxygen atoms in total. The minimum atomic E-state index is -0.731. The first-order valence-electron chi connectivity index (χ1n) is 7.13. The number of nitrogens with zero attached hydrogens (tertiary/aromatic N) is 1. The maximum Gasteiger partial charge on any atom is 0.314 e. The fraction of sp³-hybridized carbons (Fsp3) is 0.467. The van der Waals surface area contributed by atoms with Crippen LogP contribution in [0.15, 0.2) is 30.3 Å². The predicted octanol–water partition coefficient (Wildman–Crippen LogP) is 0.627. The largest absolute Gasteiger partial charge is 0.387 e. The van der Waals surface area contributed by atoms with Crippen molar-refractivity contribution in [2.24, 2.45) is 11.7 Å². The Kier molecular flexibility index (Phi) is 5.16. The van der Waals surface area contributed by atoms with Crippen molar-refractivity contribution in [1.29, 1.82) is 0 Å². The molecule has 0 bridgehead atoms. The van der Waals surface area contributed by atoms with Gasteiger partial charge < -0.3 is 21.1 Å². The smallest absolute Gasteiger partial charge is 0.314 e. The first kappa shape index (κ1) is 15.3. The molecule has 0 aliphatic carbocycles. The summed E-state index contributed by atoms with van der Waals surface area (Å²) in [5.41, 5.74) is 6.01. The van der Waals surface area contributed by atoms with Gasteiger partial charge in [0.05, 0.1) is 12.0 Å². The quantitative estimate of drug-likeness (QED) is 0.759. The number of carbonyl (C=O) groups is 2. The van der Waals surface area contributed by atoms with E-state index in [0.29, 0.717) is 13.1 Å². The zero-order valence-corrected chi connectivity index (χ0v) is 11.9. The summed E-state index contributed by atoms with van der Waals surface area (Å²) in [7, 11) is 0. The highest BCUT2D eigenvalue weighted by Crippen LogP contribution is 2.17. The highest BCUT2D eigenvalue weighted by atomic mass is 16.3. The van der Waals surface area contributed by atoms with Crippen molar-refractivity contribution < 1.29 is 14.7 Å². The van der Waals surface area contributed by atoms with Gasteiger partial charge in [-0.25, -0.2) is 4.79 Å². The van der Waals surface area contributed by atoms with E-state index in [9.17, 15) is 14.7 Å². The van der Waals surface area contributed by atoms with E-state index in [4.69, 9.17) is 5.73 Å². The van der Waals surface area contributed by atoms with Gasteiger partial charge in [0.2, 0.25) is 5.91 Å². The van der Waals surface area contributed by atoms with Gasteiger partial charge >= 0.3 is 6.03 Å². The van der Waals surface area contributed by atoms with Crippen LogP contribution >= 0.6 is 0 Å². The molecular formula is C15H21N3O3. The van der Waals surface area contributed by atoms with Gasteiger partial charge in [0.25, 0.3) is 0 Å². The molecule has 114 valence electrons. The van der Waals surface area contributed by atoms with Crippen molar-refractivity contribution >= 4 is 11.9 Å². The highest BCUT2D eigenvalue weighted by molar-refractivity contribution is 5.80. The molecule has 1 saturated heterocycles. The first-order chi connectivity index (χ1) is 10.1. The summed E-state index contributed by atoms with van der Waals surface area (Å²) < 4.78 is 0. The topological polar surface area (TPSA) is 95.7 Å². The Morgan fingerprint density at radius 1 is 1.38 bits per heavy atom. The van der Waals surface area contributed by atoms with E-state index in [1.54, 1.807) is 0 Å². The number of aliphatic hydroxyl groups is 1. The second-order valence-electron chi connectivity index (χ2n) is 5.30. The SMILES string of the molecule is NC(=O)N1CCCC(C(=O)NCC(O)c2ccccc2)C1. The molecule has 21 heavy (non-hydrogen) atoms. The van der Waals surface area contributed by atoms with E-state index in [1.165, 1.54) is 4.90 Å². The average Bonchev–Trinajstić information content (AvgIpc) is 2.53. The Balaban J connectivity index is 1.83. The van der Waals surface area contributed by atoms with E-state index in [1.807, 2.05) is 30.3 Å². The number of urea groups is 1. The van der Waals surface area contributed by atoms with E-state index >= 15 is 0 Å². The number of hydrogen-bond acceptors (Lipinski definition) is 3. The molecule has 0 radical (unpaired) electrons. The molecule has 1 aliphatic heterocycles. The Hall–Kier alpha value is -2.08. The van der Waals surface area contributed by atoms with Crippen molar-refractivity contribution in [2.45, 2.75) is 18.9 Å². The summed E-state index contributed by atoms with van der Waals surface area (Å²) in [6, 6.07) is 8.68. The van der Waals surface area contributed by atoms with Crippen LogP contribution in [0.25, 0.3) is 0 Å². The molecule has 1 heterocycles. The number of likely N-dealkylation sites (tertiary alicyclic amines) is 1. The minimum absolute atomic E-state index is 0.143. The molecule has 6 heteroatoms. The average molecular weight is 291 g/mol. The van der Waals surface area contributed by atoms with Gasteiger partial charge in [-0.1, -0.05) is 30.3 Å². The summed E-state index contributed by atoms with van der Waals surface area (Å²) >= 11 is 0. The molecule has 1 aromatic carbocycles. The van der Waals surface area contributed by atoms with Gasteiger partial charge in [-0.15, -0.1) is 0 Å². The van der Waals surface area contributed by atoms with Crippen LogP contribution in [0.2, 0.25) is 0 Å². The summed E-state index contributed by atoms with van der Waals surface area (Å²) in [5, 5.41) is 12.8.